The molecule has 7 heteroatoms. The van der Waals surface area contributed by atoms with Crippen LogP contribution in [0.5, 0.6) is 0 Å². The molecule has 3 heterocycles. The lowest BCUT2D eigenvalue weighted by molar-refractivity contribution is -0.146. The zero-order valence-electron chi connectivity index (χ0n) is 14.5. The van der Waals surface area contributed by atoms with E-state index in [2.05, 4.69) is 6.92 Å². The zero-order chi connectivity index (χ0) is 17.4. The van der Waals surface area contributed by atoms with E-state index in [1.165, 1.54) is 0 Å². The second-order valence-corrected chi connectivity index (χ2v) is 9.92. The molecule has 3 aliphatic rings. The fourth-order valence-electron chi connectivity index (χ4n) is 4.47. The monoisotopic (exact) mass is 356 g/mol. The Morgan fingerprint density at radius 1 is 1.21 bits per heavy atom. The molecule has 3 saturated heterocycles. The van der Waals surface area contributed by atoms with Crippen LogP contribution in [0, 0.1) is 11.3 Å². The van der Waals surface area contributed by atoms with Crippen molar-refractivity contribution in [2.45, 2.75) is 45.4 Å². The smallest absolute Gasteiger partial charge is 0.230 e. The molecule has 0 bridgehead atoms. The second-order valence-electron chi connectivity index (χ2n) is 7.61. The topological polar surface area (TPSA) is 74.8 Å². The molecule has 1 spiro atoms. The number of carbonyl (C=O) groups excluding carboxylic acids is 2. The van der Waals surface area contributed by atoms with Crippen LogP contribution in [0.3, 0.4) is 0 Å². The normalized spacial score (nSPS) is 31.0. The third-order valence-electron chi connectivity index (χ3n) is 5.89. The second kappa shape index (κ2) is 6.65. The molecule has 3 rings (SSSR count). The van der Waals surface area contributed by atoms with Crippen LogP contribution in [-0.2, 0) is 19.4 Å². The molecular weight excluding hydrogens is 328 g/mol. The van der Waals surface area contributed by atoms with Crippen LogP contribution in [0.1, 0.15) is 45.4 Å². The van der Waals surface area contributed by atoms with Crippen molar-refractivity contribution < 1.29 is 18.0 Å². The minimum Gasteiger partial charge on any atom is -0.342 e. The van der Waals surface area contributed by atoms with E-state index in [9.17, 15) is 18.0 Å². The first-order valence-corrected chi connectivity index (χ1v) is 11.0. The summed E-state index contributed by atoms with van der Waals surface area (Å²) in [6.07, 6.45) is 4.45. The van der Waals surface area contributed by atoms with Gasteiger partial charge in [-0.3, -0.25) is 9.59 Å². The summed E-state index contributed by atoms with van der Waals surface area (Å²) in [4.78, 5) is 29.4. The maximum absolute atomic E-state index is 12.9. The van der Waals surface area contributed by atoms with Gasteiger partial charge >= 0.3 is 0 Å². The van der Waals surface area contributed by atoms with Crippen molar-refractivity contribution in [3.05, 3.63) is 0 Å². The Balaban J connectivity index is 1.64. The first-order valence-electron chi connectivity index (χ1n) is 9.15. The highest BCUT2D eigenvalue weighted by molar-refractivity contribution is 7.91. The molecule has 0 saturated carbocycles. The minimum atomic E-state index is -2.95. The third kappa shape index (κ3) is 3.32. The number of nitrogens with zero attached hydrogens (tertiary/aromatic N) is 2. The molecule has 0 radical (unpaired) electrons. The van der Waals surface area contributed by atoms with Gasteiger partial charge in [-0.05, 0) is 38.5 Å². The minimum absolute atomic E-state index is 0.0576. The molecule has 0 aromatic carbocycles. The molecule has 0 aromatic heterocycles. The fourth-order valence-corrected chi connectivity index (χ4v) is 5.96. The van der Waals surface area contributed by atoms with Crippen molar-refractivity contribution in [3.63, 3.8) is 0 Å². The van der Waals surface area contributed by atoms with E-state index in [0.29, 0.717) is 25.9 Å². The Morgan fingerprint density at radius 2 is 1.92 bits per heavy atom. The van der Waals surface area contributed by atoms with Gasteiger partial charge in [-0.25, -0.2) is 8.42 Å². The van der Waals surface area contributed by atoms with Crippen molar-refractivity contribution in [3.8, 4) is 0 Å². The summed E-state index contributed by atoms with van der Waals surface area (Å²) in [6.45, 7) is 4.87. The standard InChI is InChI=1S/C17H28N2O4S/c1-2-8-18-9-3-6-17(16(18)21)7-10-19(13-17)15(20)14-4-11-24(22,23)12-5-14/h14H,2-13H2,1H3/t17-/m1/s1. The lowest BCUT2D eigenvalue weighted by atomic mass is 9.78. The molecular formula is C17H28N2O4S. The number of likely N-dealkylation sites (tertiary alicyclic amines) is 2. The van der Waals surface area contributed by atoms with Gasteiger partial charge in [0.2, 0.25) is 11.8 Å². The molecule has 0 aromatic rings. The number of piperidine rings is 1. The van der Waals surface area contributed by atoms with E-state index in [-0.39, 0.29) is 34.7 Å². The highest BCUT2D eigenvalue weighted by Crippen LogP contribution is 2.41. The molecule has 0 unspecified atom stereocenters. The van der Waals surface area contributed by atoms with Crippen molar-refractivity contribution in [1.29, 1.82) is 0 Å². The number of carbonyl (C=O) groups is 2. The van der Waals surface area contributed by atoms with Crippen LogP contribution in [-0.4, -0.2) is 67.7 Å². The molecule has 3 fully saturated rings. The van der Waals surface area contributed by atoms with Crippen LogP contribution < -0.4 is 0 Å². The molecule has 3 aliphatic heterocycles. The van der Waals surface area contributed by atoms with Crippen molar-refractivity contribution in [1.82, 2.24) is 9.80 Å². The average Bonchev–Trinajstić information content (AvgIpc) is 2.97. The molecule has 24 heavy (non-hydrogen) atoms. The van der Waals surface area contributed by atoms with Crippen LogP contribution in [0.25, 0.3) is 0 Å². The molecule has 136 valence electrons. The summed E-state index contributed by atoms with van der Waals surface area (Å²) >= 11 is 0. The summed E-state index contributed by atoms with van der Waals surface area (Å²) < 4.78 is 23.1. The SMILES string of the molecule is CCCN1CCC[C@]2(CCN(C(=O)C3CCS(=O)(=O)CC3)C2)C1=O. The van der Waals surface area contributed by atoms with E-state index in [1.54, 1.807) is 0 Å². The van der Waals surface area contributed by atoms with Gasteiger partial charge in [0.25, 0.3) is 0 Å². The lowest BCUT2D eigenvalue weighted by Gasteiger charge is -2.39. The maximum atomic E-state index is 12.9. The van der Waals surface area contributed by atoms with E-state index < -0.39 is 9.84 Å². The summed E-state index contributed by atoms with van der Waals surface area (Å²) in [7, 11) is -2.95. The molecule has 6 nitrogen and oxygen atoms in total. The Morgan fingerprint density at radius 3 is 2.58 bits per heavy atom. The molecule has 1 atom stereocenters. The number of hydrogen-bond acceptors (Lipinski definition) is 4. The van der Waals surface area contributed by atoms with Gasteiger partial charge in [-0.1, -0.05) is 6.92 Å². The molecule has 2 amide bonds. The van der Waals surface area contributed by atoms with E-state index in [1.807, 2.05) is 9.80 Å². The van der Waals surface area contributed by atoms with Gasteiger partial charge in [0.15, 0.2) is 0 Å². The zero-order valence-corrected chi connectivity index (χ0v) is 15.3. The maximum Gasteiger partial charge on any atom is 0.230 e. The summed E-state index contributed by atoms with van der Waals surface area (Å²) in [5.41, 5.74) is -0.385. The van der Waals surface area contributed by atoms with E-state index in [0.717, 1.165) is 38.8 Å². The summed E-state index contributed by atoms with van der Waals surface area (Å²) in [5, 5.41) is 0. The quantitative estimate of drug-likeness (QED) is 0.758. The van der Waals surface area contributed by atoms with Gasteiger partial charge in [0.1, 0.15) is 9.84 Å². The van der Waals surface area contributed by atoms with Gasteiger partial charge < -0.3 is 9.80 Å². The number of sulfone groups is 1. The Labute approximate surface area is 144 Å². The number of rotatable bonds is 3. The lowest BCUT2D eigenvalue weighted by Crippen LogP contribution is -2.51. The first kappa shape index (κ1) is 17.7. The van der Waals surface area contributed by atoms with Crippen LogP contribution in [0.15, 0.2) is 0 Å². The Kier molecular flexibility index (Phi) is 4.91. The van der Waals surface area contributed by atoms with Crippen molar-refractivity contribution in [2.24, 2.45) is 11.3 Å². The predicted molar refractivity (Wildman–Crippen MR) is 91.1 cm³/mol. The summed E-state index contributed by atoms with van der Waals surface area (Å²) in [6, 6.07) is 0. The Bertz CT molecular complexity index is 602. The van der Waals surface area contributed by atoms with Crippen LogP contribution >= 0.6 is 0 Å². The fraction of sp³-hybridized carbons (Fsp3) is 0.882. The highest BCUT2D eigenvalue weighted by atomic mass is 32.2. The predicted octanol–water partition coefficient (Wildman–Crippen LogP) is 1.06. The van der Waals surface area contributed by atoms with Crippen LogP contribution in [0.4, 0.5) is 0 Å². The number of hydrogen-bond donors (Lipinski definition) is 0. The first-order chi connectivity index (χ1) is 11.4. The van der Waals surface area contributed by atoms with Crippen molar-refractivity contribution >= 4 is 21.7 Å². The third-order valence-corrected chi connectivity index (χ3v) is 7.60. The highest BCUT2D eigenvalue weighted by Gasteiger charge is 2.49. The molecule has 0 N–H and O–H groups in total. The van der Waals surface area contributed by atoms with Gasteiger partial charge in [-0.2, -0.15) is 0 Å². The van der Waals surface area contributed by atoms with Gasteiger partial charge in [-0.15, -0.1) is 0 Å². The summed E-state index contributed by atoms with van der Waals surface area (Å²) in [5.74, 6) is 0.324. The van der Waals surface area contributed by atoms with E-state index in [4.69, 9.17) is 0 Å². The van der Waals surface area contributed by atoms with E-state index >= 15 is 0 Å². The number of amides is 2. The van der Waals surface area contributed by atoms with Crippen LogP contribution in [0.2, 0.25) is 0 Å². The average molecular weight is 356 g/mol. The van der Waals surface area contributed by atoms with Gasteiger partial charge in [0.05, 0.1) is 16.9 Å². The largest absolute Gasteiger partial charge is 0.342 e. The Hall–Kier alpha value is -1.11. The molecule has 0 aliphatic carbocycles. The van der Waals surface area contributed by atoms with Gasteiger partial charge in [0, 0.05) is 32.1 Å². The van der Waals surface area contributed by atoms with Crippen molar-refractivity contribution in [2.75, 3.05) is 37.7 Å².